The first-order chi connectivity index (χ1) is 13.0. The molecular formula is C20H28N4O3. The van der Waals surface area contributed by atoms with E-state index in [0.717, 1.165) is 37.1 Å². The third kappa shape index (κ3) is 4.18. The van der Waals surface area contributed by atoms with Crippen molar-refractivity contribution in [1.29, 1.82) is 0 Å². The molecule has 1 N–H and O–H groups in total. The molecule has 1 aliphatic heterocycles. The molecule has 2 aromatic rings. The summed E-state index contributed by atoms with van der Waals surface area (Å²) in [6, 6.07) is 7.95. The molecule has 27 heavy (non-hydrogen) atoms. The van der Waals surface area contributed by atoms with Crippen LogP contribution in [0.4, 0.5) is 10.6 Å². The van der Waals surface area contributed by atoms with Gasteiger partial charge in [-0.2, -0.15) is 5.10 Å². The first-order valence-electron chi connectivity index (χ1n) is 9.38. The van der Waals surface area contributed by atoms with Crippen LogP contribution in [0.3, 0.4) is 0 Å². The Kier molecular flexibility index (Phi) is 5.88. The Labute approximate surface area is 160 Å². The van der Waals surface area contributed by atoms with E-state index < -0.39 is 0 Å². The van der Waals surface area contributed by atoms with Crippen molar-refractivity contribution < 1.29 is 14.3 Å². The first-order valence-corrected chi connectivity index (χ1v) is 9.38. The van der Waals surface area contributed by atoms with E-state index in [-0.39, 0.29) is 6.03 Å². The summed E-state index contributed by atoms with van der Waals surface area (Å²) in [6.07, 6.45) is 3.13. The second-order valence-electron chi connectivity index (χ2n) is 6.85. The summed E-state index contributed by atoms with van der Waals surface area (Å²) in [5.74, 6) is 2.06. The van der Waals surface area contributed by atoms with E-state index in [1.807, 2.05) is 40.8 Å². The van der Waals surface area contributed by atoms with Gasteiger partial charge >= 0.3 is 6.03 Å². The molecule has 146 valence electrons. The van der Waals surface area contributed by atoms with Crippen LogP contribution in [0.2, 0.25) is 0 Å². The molecule has 7 nitrogen and oxygen atoms in total. The molecule has 0 bridgehead atoms. The minimum Gasteiger partial charge on any atom is -0.493 e. The first kappa shape index (κ1) is 19.1. The predicted octanol–water partition coefficient (Wildman–Crippen LogP) is 3.66. The highest BCUT2D eigenvalue weighted by Crippen LogP contribution is 2.28. The third-order valence-corrected chi connectivity index (χ3v) is 5.03. The largest absolute Gasteiger partial charge is 0.493 e. The second kappa shape index (κ2) is 8.33. The topological polar surface area (TPSA) is 68.6 Å². The van der Waals surface area contributed by atoms with E-state index in [4.69, 9.17) is 9.47 Å². The SMILES string of the molecule is CC[C@H]1CCCN1C(=O)Nc1cc(C)nn1Cc1ccc(OC)c(OC)c1. The van der Waals surface area contributed by atoms with Crippen LogP contribution in [-0.4, -0.2) is 47.5 Å². The molecule has 0 unspecified atom stereocenters. The highest BCUT2D eigenvalue weighted by atomic mass is 16.5. The molecule has 0 aliphatic carbocycles. The molecule has 2 amide bonds. The quantitative estimate of drug-likeness (QED) is 0.840. The maximum absolute atomic E-state index is 12.7. The molecule has 2 heterocycles. The van der Waals surface area contributed by atoms with Crippen molar-refractivity contribution >= 4 is 11.8 Å². The van der Waals surface area contributed by atoms with E-state index >= 15 is 0 Å². The Morgan fingerprint density at radius 3 is 2.74 bits per heavy atom. The van der Waals surface area contributed by atoms with E-state index in [1.165, 1.54) is 0 Å². The molecule has 1 aliphatic rings. The average Bonchev–Trinajstić information content (AvgIpc) is 3.28. The van der Waals surface area contributed by atoms with Crippen molar-refractivity contribution in [3.63, 3.8) is 0 Å². The number of nitrogens with one attached hydrogen (secondary N) is 1. The van der Waals surface area contributed by atoms with Crippen molar-refractivity contribution in [2.24, 2.45) is 0 Å². The Morgan fingerprint density at radius 1 is 1.26 bits per heavy atom. The standard InChI is InChI=1S/C20H28N4O3/c1-5-16-7-6-10-23(16)20(25)21-19-11-14(2)22-24(19)13-15-8-9-17(26-3)18(12-15)27-4/h8-9,11-12,16H,5-7,10,13H2,1-4H3,(H,21,25)/t16-/m0/s1. The molecule has 1 aromatic carbocycles. The summed E-state index contributed by atoms with van der Waals surface area (Å²) in [5, 5.41) is 7.57. The molecule has 0 saturated carbocycles. The van der Waals surface area contributed by atoms with Gasteiger partial charge in [0.2, 0.25) is 0 Å². The van der Waals surface area contributed by atoms with Crippen molar-refractivity contribution in [1.82, 2.24) is 14.7 Å². The number of benzene rings is 1. The van der Waals surface area contributed by atoms with Gasteiger partial charge in [-0.05, 0) is 43.9 Å². The van der Waals surface area contributed by atoms with Crippen LogP contribution in [0.25, 0.3) is 0 Å². The lowest BCUT2D eigenvalue weighted by Crippen LogP contribution is -2.38. The van der Waals surface area contributed by atoms with Crippen LogP contribution < -0.4 is 14.8 Å². The number of likely N-dealkylation sites (tertiary alicyclic amines) is 1. The molecular weight excluding hydrogens is 344 g/mol. The maximum Gasteiger partial charge on any atom is 0.323 e. The van der Waals surface area contributed by atoms with Crippen LogP contribution in [0.15, 0.2) is 24.3 Å². The predicted molar refractivity (Wildman–Crippen MR) is 105 cm³/mol. The molecule has 1 atom stereocenters. The van der Waals surface area contributed by atoms with Crippen molar-refractivity contribution in [3.8, 4) is 11.5 Å². The fourth-order valence-corrected chi connectivity index (χ4v) is 3.63. The molecule has 7 heteroatoms. The van der Waals surface area contributed by atoms with Gasteiger partial charge in [-0.1, -0.05) is 13.0 Å². The number of carbonyl (C=O) groups excluding carboxylic acids is 1. The molecule has 0 spiro atoms. The van der Waals surface area contributed by atoms with E-state index in [1.54, 1.807) is 14.2 Å². The minimum absolute atomic E-state index is 0.0483. The number of hydrogen-bond acceptors (Lipinski definition) is 4. The van der Waals surface area contributed by atoms with Gasteiger partial charge < -0.3 is 14.4 Å². The number of urea groups is 1. The lowest BCUT2D eigenvalue weighted by molar-refractivity contribution is 0.205. The summed E-state index contributed by atoms with van der Waals surface area (Å²) >= 11 is 0. The van der Waals surface area contributed by atoms with E-state index in [0.29, 0.717) is 29.9 Å². The number of amides is 2. The van der Waals surface area contributed by atoms with Gasteiger partial charge in [0.15, 0.2) is 11.5 Å². The zero-order chi connectivity index (χ0) is 19.4. The van der Waals surface area contributed by atoms with Crippen LogP contribution in [0.5, 0.6) is 11.5 Å². The summed E-state index contributed by atoms with van der Waals surface area (Å²) in [6.45, 7) is 5.39. The number of methoxy groups -OCH3 is 2. The van der Waals surface area contributed by atoms with Crippen LogP contribution in [0, 0.1) is 6.92 Å². The third-order valence-electron chi connectivity index (χ3n) is 5.03. The van der Waals surface area contributed by atoms with E-state index in [9.17, 15) is 4.79 Å². The number of rotatable bonds is 6. The lowest BCUT2D eigenvalue weighted by Gasteiger charge is -2.24. The minimum atomic E-state index is -0.0483. The Morgan fingerprint density at radius 2 is 2.04 bits per heavy atom. The van der Waals surface area contributed by atoms with Gasteiger partial charge in [0.05, 0.1) is 26.5 Å². The fourth-order valence-electron chi connectivity index (χ4n) is 3.63. The van der Waals surface area contributed by atoms with Crippen LogP contribution in [-0.2, 0) is 6.54 Å². The second-order valence-corrected chi connectivity index (χ2v) is 6.85. The van der Waals surface area contributed by atoms with Gasteiger partial charge in [0.1, 0.15) is 5.82 Å². The van der Waals surface area contributed by atoms with Crippen molar-refractivity contribution in [2.75, 3.05) is 26.1 Å². The number of carbonyl (C=O) groups is 1. The Bertz CT molecular complexity index is 803. The highest BCUT2D eigenvalue weighted by Gasteiger charge is 2.27. The summed E-state index contributed by atoms with van der Waals surface area (Å²) in [5.41, 5.74) is 1.87. The lowest BCUT2D eigenvalue weighted by atomic mass is 10.2. The number of anilines is 1. The molecule has 1 saturated heterocycles. The summed E-state index contributed by atoms with van der Waals surface area (Å²) < 4.78 is 12.5. The average molecular weight is 372 g/mol. The van der Waals surface area contributed by atoms with Gasteiger partial charge in [-0.25, -0.2) is 9.48 Å². The normalized spacial score (nSPS) is 16.4. The van der Waals surface area contributed by atoms with E-state index in [2.05, 4.69) is 17.3 Å². The van der Waals surface area contributed by atoms with Gasteiger partial charge in [-0.3, -0.25) is 5.32 Å². The van der Waals surface area contributed by atoms with Crippen LogP contribution >= 0.6 is 0 Å². The Hall–Kier alpha value is -2.70. The molecule has 0 radical (unpaired) electrons. The maximum atomic E-state index is 12.7. The highest BCUT2D eigenvalue weighted by molar-refractivity contribution is 5.89. The zero-order valence-corrected chi connectivity index (χ0v) is 16.5. The zero-order valence-electron chi connectivity index (χ0n) is 16.5. The fraction of sp³-hybridized carbons (Fsp3) is 0.500. The van der Waals surface area contributed by atoms with Crippen molar-refractivity contribution in [3.05, 3.63) is 35.5 Å². The van der Waals surface area contributed by atoms with Gasteiger partial charge in [0, 0.05) is 18.7 Å². The molecule has 3 rings (SSSR count). The molecule has 1 aromatic heterocycles. The summed E-state index contributed by atoms with van der Waals surface area (Å²) in [7, 11) is 3.23. The summed E-state index contributed by atoms with van der Waals surface area (Å²) in [4.78, 5) is 14.7. The number of aromatic nitrogens is 2. The Balaban J connectivity index is 1.77. The van der Waals surface area contributed by atoms with Gasteiger partial charge in [-0.15, -0.1) is 0 Å². The number of aryl methyl sites for hydroxylation is 1. The van der Waals surface area contributed by atoms with Gasteiger partial charge in [0.25, 0.3) is 0 Å². The number of ether oxygens (including phenoxy) is 2. The number of hydrogen-bond donors (Lipinski definition) is 1. The molecule has 1 fully saturated rings. The van der Waals surface area contributed by atoms with Crippen LogP contribution in [0.1, 0.15) is 37.4 Å². The smallest absolute Gasteiger partial charge is 0.323 e. The number of nitrogens with zero attached hydrogens (tertiary/aromatic N) is 3. The van der Waals surface area contributed by atoms with Crippen molar-refractivity contribution in [2.45, 2.75) is 45.7 Å². The monoisotopic (exact) mass is 372 g/mol.